The molecule has 1 aromatic heterocycles. The second-order valence-electron chi connectivity index (χ2n) is 3.29. The van der Waals surface area contributed by atoms with E-state index in [2.05, 4.69) is 15.5 Å². The number of carbonyl (C=O) groups is 2. The largest absolute Gasteiger partial charge is 0.478 e. The minimum atomic E-state index is -1.14. The number of carbonyl (C=O) groups excluding carboxylic acids is 1. The van der Waals surface area contributed by atoms with Crippen molar-refractivity contribution in [1.82, 2.24) is 10.2 Å². The van der Waals surface area contributed by atoms with E-state index in [1.165, 1.54) is 24.5 Å². The molecule has 1 aromatic carbocycles. The molecular formula is C11H9N3O3. The van der Waals surface area contributed by atoms with Crippen LogP contribution >= 0.6 is 0 Å². The lowest BCUT2D eigenvalue weighted by atomic mass is 10.1. The van der Waals surface area contributed by atoms with Crippen molar-refractivity contribution in [3.05, 3.63) is 47.8 Å². The van der Waals surface area contributed by atoms with Crippen molar-refractivity contribution >= 4 is 17.6 Å². The highest BCUT2D eigenvalue weighted by atomic mass is 16.4. The van der Waals surface area contributed by atoms with Gasteiger partial charge in [0.2, 0.25) is 0 Å². The molecule has 0 aliphatic carbocycles. The van der Waals surface area contributed by atoms with Crippen LogP contribution in [0, 0.1) is 0 Å². The number of aromatic amines is 1. The quantitative estimate of drug-likeness (QED) is 0.743. The van der Waals surface area contributed by atoms with Gasteiger partial charge in [-0.25, -0.2) is 4.79 Å². The average molecular weight is 231 g/mol. The van der Waals surface area contributed by atoms with Gasteiger partial charge in [-0.05, 0) is 12.1 Å². The van der Waals surface area contributed by atoms with Gasteiger partial charge in [0.05, 0.1) is 23.0 Å². The Morgan fingerprint density at radius 1 is 1.24 bits per heavy atom. The zero-order chi connectivity index (χ0) is 12.3. The minimum Gasteiger partial charge on any atom is -0.478 e. The summed E-state index contributed by atoms with van der Waals surface area (Å²) in [6, 6.07) is 6.01. The molecule has 0 saturated carbocycles. The lowest BCUT2D eigenvalue weighted by Gasteiger charge is -2.05. The molecule has 2 aromatic rings. The molecule has 17 heavy (non-hydrogen) atoms. The number of H-pyrrole nitrogens is 1. The molecule has 0 radical (unpaired) electrons. The van der Waals surface area contributed by atoms with Gasteiger partial charge >= 0.3 is 5.97 Å². The Balaban J connectivity index is 2.28. The van der Waals surface area contributed by atoms with Gasteiger partial charge in [-0.15, -0.1) is 0 Å². The summed E-state index contributed by atoms with van der Waals surface area (Å²) in [7, 11) is 0. The van der Waals surface area contributed by atoms with Crippen LogP contribution in [0.4, 0.5) is 5.69 Å². The molecule has 6 nitrogen and oxygen atoms in total. The first kappa shape index (κ1) is 10.9. The first-order valence-corrected chi connectivity index (χ1v) is 4.81. The molecule has 6 heteroatoms. The number of hydrogen-bond acceptors (Lipinski definition) is 3. The third kappa shape index (κ3) is 2.31. The van der Waals surface area contributed by atoms with Crippen LogP contribution in [0.5, 0.6) is 0 Å². The fourth-order valence-corrected chi connectivity index (χ4v) is 1.39. The minimum absolute atomic E-state index is 0.0338. The molecular weight excluding hydrogens is 222 g/mol. The molecule has 1 amide bonds. The van der Waals surface area contributed by atoms with E-state index in [0.29, 0.717) is 5.69 Å². The monoisotopic (exact) mass is 231 g/mol. The van der Waals surface area contributed by atoms with Gasteiger partial charge in [0, 0.05) is 6.20 Å². The van der Waals surface area contributed by atoms with Crippen molar-refractivity contribution in [3.63, 3.8) is 0 Å². The molecule has 86 valence electrons. The maximum Gasteiger partial charge on any atom is 0.336 e. The van der Waals surface area contributed by atoms with Crippen LogP contribution in [0.2, 0.25) is 0 Å². The van der Waals surface area contributed by atoms with Crippen molar-refractivity contribution in [2.75, 3.05) is 5.32 Å². The number of aromatic nitrogens is 2. The summed E-state index contributed by atoms with van der Waals surface area (Å²) >= 11 is 0. The Labute approximate surface area is 96.3 Å². The standard InChI is InChI=1S/C11H9N3O3/c15-10(14-7-5-12-13-6-7)8-3-1-2-4-9(8)11(16)17/h1-6H,(H,12,13)(H,14,15)(H,16,17). The number of amides is 1. The van der Waals surface area contributed by atoms with E-state index in [-0.39, 0.29) is 11.1 Å². The van der Waals surface area contributed by atoms with Crippen molar-refractivity contribution < 1.29 is 14.7 Å². The third-order valence-electron chi connectivity index (χ3n) is 2.16. The first-order valence-electron chi connectivity index (χ1n) is 4.81. The second kappa shape index (κ2) is 4.48. The van der Waals surface area contributed by atoms with Crippen molar-refractivity contribution in [3.8, 4) is 0 Å². The summed E-state index contributed by atoms with van der Waals surface area (Å²) in [6.07, 6.45) is 2.93. The van der Waals surface area contributed by atoms with Crippen LogP contribution in [0.3, 0.4) is 0 Å². The summed E-state index contributed by atoms with van der Waals surface area (Å²) < 4.78 is 0. The Bertz CT molecular complexity index is 549. The van der Waals surface area contributed by atoms with E-state index in [1.807, 2.05) is 0 Å². The third-order valence-corrected chi connectivity index (χ3v) is 2.16. The molecule has 0 unspecified atom stereocenters. The highest BCUT2D eigenvalue weighted by Crippen LogP contribution is 2.11. The molecule has 0 fully saturated rings. The number of rotatable bonds is 3. The van der Waals surface area contributed by atoms with Gasteiger partial charge in [-0.2, -0.15) is 5.10 Å². The average Bonchev–Trinajstić information content (AvgIpc) is 2.81. The van der Waals surface area contributed by atoms with Gasteiger partial charge in [0.1, 0.15) is 0 Å². The first-order chi connectivity index (χ1) is 8.18. The molecule has 0 aliphatic rings. The van der Waals surface area contributed by atoms with Crippen molar-refractivity contribution in [2.45, 2.75) is 0 Å². The fraction of sp³-hybridized carbons (Fsp3) is 0. The van der Waals surface area contributed by atoms with Crippen LogP contribution in [0.25, 0.3) is 0 Å². The van der Waals surface area contributed by atoms with E-state index in [4.69, 9.17) is 5.11 Å². The summed E-state index contributed by atoms with van der Waals surface area (Å²) in [5.41, 5.74) is 0.560. The number of nitrogens with zero attached hydrogens (tertiary/aromatic N) is 1. The number of carboxylic acids is 1. The molecule has 0 spiro atoms. The summed E-state index contributed by atoms with van der Waals surface area (Å²) in [5.74, 6) is -1.62. The lowest BCUT2D eigenvalue weighted by molar-refractivity contribution is 0.0692. The Morgan fingerprint density at radius 3 is 2.53 bits per heavy atom. The maximum atomic E-state index is 11.8. The highest BCUT2D eigenvalue weighted by Gasteiger charge is 2.15. The predicted molar refractivity (Wildman–Crippen MR) is 59.9 cm³/mol. The van der Waals surface area contributed by atoms with Crippen molar-refractivity contribution in [1.29, 1.82) is 0 Å². The molecule has 0 saturated heterocycles. The fourth-order valence-electron chi connectivity index (χ4n) is 1.39. The molecule has 2 rings (SSSR count). The summed E-state index contributed by atoms with van der Waals surface area (Å²) in [4.78, 5) is 22.8. The molecule has 0 bridgehead atoms. The Hall–Kier alpha value is -2.63. The predicted octanol–water partition coefficient (Wildman–Crippen LogP) is 1.36. The number of anilines is 1. The maximum absolute atomic E-state index is 11.8. The van der Waals surface area contributed by atoms with Crippen molar-refractivity contribution in [2.24, 2.45) is 0 Å². The second-order valence-corrected chi connectivity index (χ2v) is 3.29. The molecule has 3 N–H and O–H groups in total. The Kier molecular flexibility index (Phi) is 2.87. The normalized spacial score (nSPS) is 9.88. The SMILES string of the molecule is O=C(O)c1ccccc1C(=O)Nc1cn[nH]c1. The van der Waals surface area contributed by atoms with E-state index in [1.54, 1.807) is 12.1 Å². The van der Waals surface area contributed by atoms with E-state index in [9.17, 15) is 9.59 Å². The summed E-state index contributed by atoms with van der Waals surface area (Å²) in [5, 5.41) is 17.7. The zero-order valence-electron chi connectivity index (χ0n) is 8.68. The van der Waals surface area contributed by atoms with Crippen LogP contribution < -0.4 is 5.32 Å². The highest BCUT2D eigenvalue weighted by molar-refractivity contribution is 6.10. The van der Waals surface area contributed by atoms with Gasteiger partial charge in [0.15, 0.2) is 0 Å². The van der Waals surface area contributed by atoms with Crippen LogP contribution in [0.15, 0.2) is 36.7 Å². The van der Waals surface area contributed by atoms with Gasteiger partial charge < -0.3 is 10.4 Å². The van der Waals surface area contributed by atoms with Crippen LogP contribution in [-0.2, 0) is 0 Å². The Morgan fingerprint density at radius 2 is 1.94 bits per heavy atom. The number of benzene rings is 1. The van der Waals surface area contributed by atoms with E-state index < -0.39 is 11.9 Å². The number of aromatic carboxylic acids is 1. The number of hydrogen-bond donors (Lipinski definition) is 3. The number of nitrogens with one attached hydrogen (secondary N) is 2. The van der Waals surface area contributed by atoms with E-state index in [0.717, 1.165) is 0 Å². The number of carboxylic acid groups (broad SMARTS) is 1. The van der Waals surface area contributed by atoms with Gasteiger partial charge in [-0.1, -0.05) is 12.1 Å². The lowest BCUT2D eigenvalue weighted by Crippen LogP contribution is -2.15. The smallest absolute Gasteiger partial charge is 0.336 e. The summed E-state index contributed by atoms with van der Waals surface area (Å²) in [6.45, 7) is 0. The molecule has 0 atom stereocenters. The molecule has 0 aliphatic heterocycles. The zero-order valence-corrected chi connectivity index (χ0v) is 8.68. The molecule has 1 heterocycles. The van der Waals surface area contributed by atoms with E-state index >= 15 is 0 Å². The van der Waals surface area contributed by atoms with Gasteiger partial charge in [-0.3, -0.25) is 9.89 Å². The van der Waals surface area contributed by atoms with Gasteiger partial charge in [0.25, 0.3) is 5.91 Å². The van der Waals surface area contributed by atoms with Crippen LogP contribution in [0.1, 0.15) is 20.7 Å². The van der Waals surface area contributed by atoms with Crippen LogP contribution in [-0.4, -0.2) is 27.2 Å². The topological polar surface area (TPSA) is 95.1 Å².